The third kappa shape index (κ3) is 5.51. The molecule has 1 atom stereocenters. The van der Waals surface area contributed by atoms with Crippen LogP contribution in [0.2, 0.25) is 0 Å². The fraction of sp³-hybridized carbons (Fsp3) is 0.467. The molecule has 1 unspecified atom stereocenters. The van der Waals surface area contributed by atoms with E-state index in [0.717, 1.165) is 0 Å². The van der Waals surface area contributed by atoms with Gasteiger partial charge < -0.3 is 15.3 Å². The van der Waals surface area contributed by atoms with E-state index in [4.69, 9.17) is 0 Å². The number of halogens is 1. The molecule has 0 fully saturated rings. The first-order valence-electron chi connectivity index (χ1n) is 6.89. The largest absolute Gasteiger partial charge is 0.388 e. The Morgan fingerprint density at radius 1 is 1.43 bits per heavy atom. The summed E-state index contributed by atoms with van der Waals surface area (Å²) in [6, 6.07) is 5.50. The molecular weight excluding hydrogens is 275 g/mol. The van der Waals surface area contributed by atoms with E-state index in [9.17, 15) is 19.1 Å². The summed E-state index contributed by atoms with van der Waals surface area (Å²) in [5.41, 5.74) is 0.347. The number of amides is 2. The lowest BCUT2D eigenvalue weighted by atomic mass is 10.1. The lowest BCUT2D eigenvalue weighted by molar-refractivity contribution is -0.137. The maximum atomic E-state index is 13.1. The van der Waals surface area contributed by atoms with Gasteiger partial charge in [0, 0.05) is 13.6 Å². The highest BCUT2D eigenvalue weighted by molar-refractivity contribution is 5.84. The number of carbonyl (C=O) groups excluding carboxylic acids is 2. The average Bonchev–Trinajstić information content (AvgIpc) is 2.46. The molecule has 116 valence electrons. The summed E-state index contributed by atoms with van der Waals surface area (Å²) < 4.78 is 13.1. The molecule has 6 heteroatoms. The number of aliphatic hydroxyl groups excluding tert-OH is 1. The molecule has 0 aromatic heterocycles. The number of benzene rings is 1. The van der Waals surface area contributed by atoms with Crippen molar-refractivity contribution in [3.05, 3.63) is 35.6 Å². The number of hydrogen-bond donors (Lipinski definition) is 2. The van der Waals surface area contributed by atoms with Crippen LogP contribution in [0, 0.1) is 5.82 Å². The van der Waals surface area contributed by atoms with Crippen LogP contribution in [0.25, 0.3) is 0 Å². The Morgan fingerprint density at radius 3 is 2.71 bits per heavy atom. The molecule has 0 aliphatic carbocycles. The van der Waals surface area contributed by atoms with Crippen LogP contribution < -0.4 is 5.32 Å². The van der Waals surface area contributed by atoms with Gasteiger partial charge in [0.05, 0.1) is 19.1 Å². The third-order valence-electron chi connectivity index (χ3n) is 3.06. The first-order chi connectivity index (χ1) is 9.97. The summed E-state index contributed by atoms with van der Waals surface area (Å²) in [6.45, 7) is 2.29. The summed E-state index contributed by atoms with van der Waals surface area (Å²) in [4.78, 5) is 24.9. The molecule has 21 heavy (non-hydrogen) atoms. The van der Waals surface area contributed by atoms with E-state index in [1.807, 2.05) is 6.92 Å². The van der Waals surface area contributed by atoms with Gasteiger partial charge in [0.25, 0.3) is 0 Å². The van der Waals surface area contributed by atoms with Crippen molar-refractivity contribution in [1.82, 2.24) is 10.2 Å². The van der Waals surface area contributed by atoms with Crippen molar-refractivity contribution in [2.75, 3.05) is 20.1 Å². The predicted octanol–water partition coefficient (Wildman–Crippen LogP) is 1.23. The second kappa shape index (κ2) is 8.36. The number of likely N-dealkylation sites (N-methyl/N-ethyl adjacent to an activating group) is 1. The van der Waals surface area contributed by atoms with E-state index in [1.54, 1.807) is 6.07 Å². The van der Waals surface area contributed by atoms with Gasteiger partial charge in [0.15, 0.2) is 0 Å². The molecule has 0 aliphatic rings. The minimum absolute atomic E-state index is 0.0426. The van der Waals surface area contributed by atoms with Crippen molar-refractivity contribution in [3.8, 4) is 0 Å². The Morgan fingerprint density at radius 2 is 2.14 bits per heavy atom. The third-order valence-corrected chi connectivity index (χ3v) is 3.06. The molecule has 0 heterocycles. The van der Waals surface area contributed by atoms with E-state index in [2.05, 4.69) is 5.32 Å². The van der Waals surface area contributed by atoms with Crippen molar-refractivity contribution in [3.63, 3.8) is 0 Å². The van der Waals surface area contributed by atoms with Crippen molar-refractivity contribution >= 4 is 11.8 Å². The van der Waals surface area contributed by atoms with E-state index in [1.165, 1.54) is 30.1 Å². The van der Waals surface area contributed by atoms with Gasteiger partial charge in [-0.25, -0.2) is 4.39 Å². The molecule has 0 aliphatic heterocycles. The quantitative estimate of drug-likeness (QED) is 0.795. The summed E-state index contributed by atoms with van der Waals surface area (Å²) >= 11 is 0. The standard InChI is InChI=1S/C15H21FN2O3/c1-3-7-18(10-14(20)17-2)15(21)9-13(19)11-5-4-6-12(16)8-11/h4-6,8,13,19H,3,7,9-10H2,1-2H3,(H,17,20). The molecule has 2 N–H and O–H groups in total. The average molecular weight is 296 g/mol. The Labute approximate surface area is 123 Å². The first-order valence-corrected chi connectivity index (χ1v) is 6.89. The zero-order valence-corrected chi connectivity index (χ0v) is 12.3. The number of hydrogen-bond acceptors (Lipinski definition) is 3. The zero-order valence-electron chi connectivity index (χ0n) is 12.3. The molecule has 0 saturated carbocycles. The Kier molecular flexibility index (Phi) is 6.81. The zero-order chi connectivity index (χ0) is 15.8. The molecule has 2 amide bonds. The number of rotatable bonds is 7. The Balaban J connectivity index is 2.69. The second-order valence-corrected chi connectivity index (χ2v) is 4.76. The summed E-state index contributed by atoms with van der Waals surface area (Å²) in [7, 11) is 1.50. The smallest absolute Gasteiger partial charge is 0.239 e. The molecule has 5 nitrogen and oxygen atoms in total. The van der Waals surface area contributed by atoms with Crippen LogP contribution >= 0.6 is 0 Å². The van der Waals surface area contributed by atoms with Crippen LogP contribution in [-0.4, -0.2) is 42.0 Å². The molecule has 1 rings (SSSR count). The molecule has 1 aromatic rings. The van der Waals surface area contributed by atoms with Crippen molar-refractivity contribution in [2.45, 2.75) is 25.9 Å². The molecule has 0 radical (unpaired) electrons. The van der Waals surface area contributed by atoms with Crippen LogP contribution in [0.3, 0.4) is 0 Å². The van der Waals surface area contributed by atoms with Crippen LogP contribution in [0.5, 0.6) is 0 Å². The number of aliphatic hydroxyl groups is 1. The van der Waals surface area contributed by atoms with Gasteiger partial charge in [0.1, 0.15) is 5.82 Å². The maximum absolute atomic E-state index is 13.1. The number of nitrogens with zero attached hydrogens (tertiary/aromatic N) is 1. The topological polar surface area (TPSA) is 69.6 Å². The predicted molar refractivity (Wildman–Crippen MR) is 76.9 cm³/mol. The Hall–Kier alpha value is -1.95. The van der Waals surface area contributed by atoms with Crippen LogP contribution in [0.1, 0.15) is 31.4 Å². The summed E-state index contributed by atoms with van der Waals surface area (Å²) in [6.07, 6.45) is -0.559. The maximum Gasteiger partial charge on any atom is 0.239 e. The molecular formula is C15H21FN2O3. The van der Waals surface area contributed by atoms with E-state index < -0.39 is 11.9 Å². The highest BCUT2D eigenvalue weighted by Crippen LogP contribution is 2.18. The lowest BCUT2D eigenvalue weighted by Crippen LogP contribution is -2.40. The van der Waals surface area contributed by atoms with Gasteiger partial charge in [0.2, 0.25) is 11.8 Å². The fourth-order valence-electron chi connectivity index (χ4n) is 1.94. The lowest BCUT2D eigenvalue weighted by Gasteiger charge is -2.22. The fourth-order valence-corrected chi connectivity index (χ4v) is 1.94. The number of carbonyl (C=O) groups is 2. The van der Waals surface area contributed by atoms with Gasteiger partial charge in [-0.05, 0) is 24.1 Å². The molecule has 1 aromatic carbocycles. The highest BCUT2D eigenvalue weighted by atomic mass is 19.1. The first kappa shape index (κ1) is 17.1. The minimum Gasteiger partial charge on any atom is -0.388 e. The Bertz CT molecular complexity index is 494. The van der Waals surface area contributed by atoms with E-state index >= 15 is 0 Å². The van der Waals surface area contributed by atoms with Crippen molar-refractivity contribution in [2.24, 2.45) is 0 Å². The van der Waals surface area contributed by atoms with Crippen molar-refractivity contribution < 1.29 is 19.1 Å². The van der Waals surface area contributed by atoms with Crippen LogP contribution in [-0.2, 0) is 9.59 Å². The normalized spacial score (nSPS) is 11.8. The van der Waals surface area contributed by atoms with Crippen LogP contribution in [0.4, 0.5) is 4.39 Å². The van der Waals surface area contributed by atoms with Crippen molar-refractivity contribution in [1.29, 1.82) is 0 Å². The minimum atomic E-state index is -1.09. The molecule has 0 bridgehead atoms. The van der Waals surface area contributed by atoms with Gasteiger partial charge in [-0.3, -0.25) is 9.59 Å². The molecule has 0 saturated heterocycles. The number of nitrogens with one attached hydrogen (secondary N) is 1. The molecule has 0 spiro atoms. The summed E-state index contributed by atoms with van der Waals surface area (Å²) in [5.74, 6) is -1.07. The van der Waals surface area contributed by atoms with E-state index in [-0.39, 0.29) is 24.8 Å². The van der Waals surface area contributed by atoms with Gasteiger partial charge in [-0.15, -0.1) is 0 Å². The van der Waals surface area contributed by atoms with E-state index in [0.29, 0.717) is 18.5 Å². The summed E-state index contributed by atoms with van der Waals surface area (Å²) in [5, 5.41) is 12.5. The van der Waals surface area contributed by atoms with Gasteiger partial charge in [-0.2, -0.15) is 0 Å². The van der Waals surface area contributed by atoms with Gasteiger partial charge >= 0.3 is 0 Å². The monoisotopic (exact) mass is 296 g/mol. The van der Waals surface area contributed by atoms with Crippen LogP contribution in [0.15, 0.2) is 24.3 Å². The SMILES string of the molecule is CCCN(CC(=O)NC)C(=O)CC(O)c1cccc(F)c1. The highest BCUT2D eigenvalue weighted by Gasteiger charge is 2.20. The van der Waals surface area contributed by atoms with Gasteiger partial charge in [-0.1, -0.05) is 19.1 Å². The second-order valence-electron chi connectivity index (χ2n) is 4.76.